The molecule has 0 amide bonds. The molecule has 1 aromatic rings. The fourth-order valence-electron chi connectivity index (χ4n) is 1.43. The first-order chi connectivity index (χ1) is 8.38. The van der Waals surface area contributed by atoms with Crippen LogP contribution < -0.4 is 10.1 Å². The summed E-state index contributed by atoms with van der Waals surface area (Å²) in [6, 6.07) is 7.96. The number of aliphatic hydroxyl groups excluding tert-OH is 1. The Hall–Kier alpha value is -1.10. The molecule has 2 N–H and O–H groups in total. The van der Waals surface area contributed by atoms with E-state index in [9.17, 15) is 0 Å². The van der Waals surface area contributed by atoms with Crippen LogP contribution in [0.15, 0.2) is 24.3 Å². The second-order valence-electron chi connectivity index (χ2n) is 3.57. The Morgan fingerprint density at radius 3 is 2.76 bits per heavy atom. The van der Waals surface area contributed by atoms with Crippen molar-refractivity contribution in [1.29, 1.82) is 0 Å². The molecular weight excluding hydrogens is 218 g/mol. The third-order valence-electron chi connectivity index (χ3n) is 2.26. The highest BCUT2D eigenvalue weighted by molar-refractivity contribution is 5.33. The molecule has 0 unspecified atom stereocenters. The summed E-state index contributed by atoms with van der Waals surface area (Å²) in [5, 5.41) is 11.8. The SMILES string of the molecule is CCNCc1ccccc1OCCOCCO. The van der Waals surface area contributed by atoms with Crippen molar-refractivity contribution >= 4 is 0 Å². The van der Waals surface area contributed by atoms with Gasteiger partial charge in [0.25, 0.3) is 0 Å². The van der Waals surface area contributed by atoms with Gasteiger partial charge in [0.2, 0.25) is 0 Å². The summed E-state index contributed by atoms with van der Waals surface area (Å²) in [6.07, 6.45) is 0. The third-order valence-corrected chi connectivity index (χ3v) is 2.26. The van der Waals surface area contributed by atoms with Gasteiger partial charge < -0.3 is 19.9 Å². The zero-order chi connectivity index (χ0) is 12.3. The molecule has 0 saturated carbocycles. The molecule has 0 atom stereocenters. The number of nitrogens with one attached hydrogen (secondary N) is 1. The monoisotopic (exact) mass is 239 g/mol. The van der Waals surface area contributed by atoms with Crippen molar-refractivity contribution in [3.05, 3.63) is 29.8 Å². The van der Waals surface area contributed by atoms with E-state index >= 15 is 0 Å². The lowest BCUT2D eigenvalue weighted by molar-refractivity contribution is 0.0703. The Kier molecular flexibility index (Phi) is 7.38. The Balaban J connectivity index is 2.35. The number of aliphatic hydroxyl groups is 1. The maximum atomic E-state index is 8.55. The Labute approximate surface area is 103 Å². The first kappa shape index (κ1) is 14.0. The van der Waals surface area contributed by atoms with E-state index in [1.807, 2.05) is 24.3 Å². The largest absolute Gasteiger partial charge is 0.491 e. The molecule has 0 spiro atoms. The zero-order valence-electron chi connectivity index (χ0n) is 10.3. The molecule has 0 saturated heterocycles. The van der Waals surface area contributed by atoms with Crippen molar-refractivity contribution in [3.8, 4) is 5.75 Å². The van der Waals surface area contributed by atoms with Gasteiger partial charge in [0.05, 0.1) is 19.8 Å². The second kappa shape index (κ2) is 8.98. The maximum Gasteiger partial charge on any atom is 0.123 e. The Morgan fingerprint density at radius 1 is 1.18 bits per heavy atom. The van der Waals surface area contributed by atoms with Crippen LogP contribution in [0.3, 0.4) is 0 Å². The highest BCUT2D eigenvalue weighted by atomic mass is 16.5. The van der Waals surface area contributed by atoms with Gasteiger partial charge in [-0.2, -0.15) is 0 Å². The summed E-state index contributed by atoms with van der Waals surface area (Å²) in [5.74, 6) is 0.890. The molecule has 0 aliphatic rings. The van der Waals surface area contributed by atoms with E-state index in [0.29, 0.717) is 19.8 Å². The van der Waals surface area contributed by atoms with Crippen molar-refractivity contribution < 1.29 is 14.6 Å². The molecule has 1 aromatic carbocycles. The number of ether oxygens (including phenoxy) is 2. The molecule has 17 heavy (non-hydrogen) atoms. The third kappa shape index (κ3) is 5.68. The van der Waals surface area contributed by atoms with Crippen LogP contribution in [0.1, 0.15) is 12.5 Å². The van der Waals surface area contributed by atoms with E-state index in [-0.39, 0.29) is 6.61 Å². The first-order valence-corrected chi connectivity index (χ1v) is 5.98. The predicted octanol–water partition coefficient (Wildman–Crippen LogP) is 1.18. The van der Waals surface area contributed by atoms with Crippen LogP contribution in [0, 0.1) is 0 Å². The Bertz CT molecular complexity index is 304. The van der Waals surface area contributed by atoms with Gasteiger partial charge in [-0.25, -0.2) is 0 Å². The molecule has 4 heteroatoms. The zero-order valence-corrected chi connectivity index (χ0v) is 10.3. The van der Waals surface area contributed by atoms with E-state index in [0.717, 1.165) is 24.4 Å². The van der Waals surface area contributed by atoms with Gasteiger partial charge in [0.1, 0.15) is 12.4 Å². The van der Waals surface area contributed by atoms with Crippen molar-refractivity contribution in [2.45, 2.75) is 13.5 Å². The fraction of sp³-hybridized carbons (Fsp3) is 0.538. The van der Waals surface area contributed by atoms with Crippen LogP contribution in [-0.2, 0) is 11.3 Å². The first-order valence-electron chi connectivity index (χ1n) is 5.98. The van der Waals surface area contributed by atoms with Gasteiger partial charge in [-0.05, 0) is 12.6 Å². The molecule has 0 heterocycles. The summed E-state index contributed by atoms with van der Waals surface area (Å²) in [4.78, 5) is 0. The summed E-state index contributed by atoms with van der Waals surface area (Å²) in [7, 11) is 0. The van der Waals surface area contributed by atoms with Crippen molar-refractivity contribution in [2.24, 2.45) is 0 Å². The van der Waals surface area contributed by atoms with E-state index < -0.39 is 0 Å². The van der Waals surface area contributed by atoms with Crippen LogP contribution in [-0.4, -0.2) is 38.1 Å². The van der Waals surface area contributed by atoms with Crippen LogP contribution >= 0.6 is 0 Å². The number of hydrogen-bond acceptors (Lipinski definition) is 4. The van der Waals surface area contributed by atoms with Gasteiger partial charge in [0.15, 0.2) is 0 Å². The minimum atomic E-state index is 0.0526. The average molecular weight is 239 g/mol. The van der Waals surface area contributed by atoms with E-state index in [1.54, 1.807) is 0 Å². The molecule has 0 fully saturated rings. The van der Waals surface area contributed by atoms with Gasteiger partial charge in [0, 0.05) is 12.1 Å². The fourth-order valence-corrected chi connectivity index (χ4v) is 1.43. The summed E-state index contributed by atoms with van der Waals surface area (Å²) in [5.41, 5.74) is 1.15. The lowest BCUT2D eigenvalue weighted by Gasteiger charge is -2.11. The molecule has 0 aromatic heterocycles. The smallest absolute Gasteiger partial charge is 0.123 e. The molecular formula is C13H21NO3. The molecule has 96 valence electrons. The molecule has 0 aliphatic heterocycles. The molecule has 0 aliphatic carbocycles. The predicted molar refractivity (Wildman–Crippen MR) is 67.2 cm³/mol. The van der Waals surface area contributed by atoms with Crippen molar-refractivity contribution in [1.82, 2.24) is 5.32 Å². The van der Waals surface area contributed by atoms with Crippen LogP contribution in [0.4, 0.5) is 0 Å². The van der Waals surface area contributed by atoms with Crippen molar-refractivity contribution in [3.63, 3.8) is 0 Å². The Morgan fingerprint density at radius 2 is 2.00 bits per heavy atom. The molecule has 1 rings (SSSR count). The van der Waals surface area contributed by atoms with Crippen LogP contribution in [0.25, 0.3) is 0 Å². The normalized spacial score (nSPS) is 10.5. The number of hydrogen-bond donors (Lipinski definition) is 2. The van der Waals surface area contributed by atoms with Gasteiger partial charge in [-0.3, -0.25) is 0 Å². The topological polar surface area (TPSA) is 50.7 Å². The number of benzene rings is 1. The van der Waals surface area contributed by atoms with Crippen LogP contribution in [0.5, 0.6) is 5.75 Å². The molecule has 0 bridgehead atoms. The standard InChI is InChI=1S/C13H21NO3/c1-2-14-11-12-5-3-4-6-13(12)17-10-9-16-8-7-15/h3-6,14-15H,2,7-11H2,1H3. The maximum absolute atomic E-state index is 8.55. The van der Waals surface area contributed by atoms with Crippen molar-refractivity contribution in [2.75, 3.05) is 33.0 Å². The lowest BCUT2D eigenvalue weighted by atomic mass is 10.2. The van der Waals surface area contributed by atoms with Gasteiger partial charge in [-0.15, -0.1) is 0 Å². The van der Waals surface area contributed by atoms with E-state index in [2.05, 4.69) is 12.2 Å². The minimum absolute atomic E-state index is 0.0526. The minimum Gasteiger partial charge on any atom is -0.491 e. The summed E-state index contributed by atoms with van der Waals surface area (Å²) < 4.78 is 10.8. The highest BCUT2D eigenvalue weighted by Gasteiger charge is 2.01. The summed E-state index contributed by atoms with van der Waals surface area (Å²) >= 11 is 0. The number of rotatable bonds is 9. The lowest BCUT2D eigenvalue weighted by Crippen LogP contribution is -2.14. The highest BCUT2D eigenvalue weighted by Crippen LogP contribution is 2.17. The average Bonchev–Trinajstić information content (AvgIpc) is 2.37. The second-order valence-corrected chi connectivity index (χ2v) is 3.57. The van der Waals surface area contributed by atoms with Crippen LogP contribution in [0.2, 0.25) is 0 Å². The quantitative estimate of drug-likeness (QED) is 0.635. The molecule has 4 nitrogen and oxygen atoms in total. The van der Waals surface area contributed by atoms with Gasteiger partial charge in [-0.1, -0.05) is 25.1 Å². The molecule has 0 radical (unpaired) electrons. The van der Waals surface area contributed by atoms with Gasteiger partial charge >= 0.3 is 0 Å². The summed E-state index contributed by atoms with van der Waals surface area (Å²) in [6.45, 7) is 5.24. The number of para-hydroxylation sites is 1. The van der Waals surface area contributed by atoms with E-state index in [4.69, 9.17) is 14.6 Å². The van der Waals surface area contributed by atoms with E-state index in [1.165, 1.54) is 0 Å².